The van der Waals surface area contributed by atoms with E-state index < -0.39 is 0 Å². The van der Waals surface area contributed by atoms with Gasteiger partial charge < -0.3 is 16.0 Å². The van der Waals surface area contributed by atoms with Gasteiger partial charge >= 0.3 is 0 Å². The van der Waals surface area contributed by atoms with Crippen molar-refractivity contribution in [2.45, 2.75) is 13.0 Å². The van der Waals surface area contributed by atoms with E-state index in [4.69, 9.17) is 16.6 Å². The summed E-state index contributed by atoms with van der Waals surface area (Å²) in [6.07, 6.45) is 3.79. The van der Waals surface area contributed by atoms with E-state index >= 15 is 0 Å². The third-order valence-electron chi connectivity index (χ3n) is 4.20. The molecule has 2 heterocycles. The molecular formula is C19H21ClFN5S. The van der Waals surface area contributed by atoms with Crippen LogP contribution in [0.2, 0.25) is 5.02 Å². The van der Waals surface area contributed by atoms with Gasteiger partial charge in [-0.1, -0.05) is 17.7 Å². The second-order valence-electron chi connectivity index (χ2n) is 5.97. The van der Waals surface area contributed by atoms with E-state index in [1.165, 1.54) is 23.5 Å². The number of halogens is 2. The Morgan fingerprint density at radius 1 is 1.41 bits per heavy atom. The molecule has 0 aliphatic carbocycles. The van der Waals surface area contributed by atoms with Crippen molar-refractivity contribution in [3.8, 4) is 0 Å². The molecule has 1 aromatic heterocycles. The number of hydrogen-bond acceptors (Lipinski definition) is 6. The number of benzene rings is 1. The summed E-state index contributed by atoms with van der Waals surface area (Å²) in [5.41, 5.74) is 3.58. The monoisotopic (exact) mass is 405 g/mol. The van der Waals surface area contributed by atoms with E-state index in [0.717, 1.165) is 27.5 Å². The molecule has 142 valence electrons. The molecular weight excluding hydrogens is 385 g/mol. The van der Waals surface area contributed by atoms with Gasteiger partial charge in [-0.25, -0.2) is 9.37 Å². The lowest BCUT2D eigenvalue weighted by Gasteiger charge is -2.29. The lowest BCUT2D eigenvalue weighted by Crippen LogP contribution is -2.32. The number of aromatic nitrogens is 1. The Labute approximate surface area is 167 Å². The SMILES string of the molecule is CNC/C=C(\NC)C1=C(C)NC(c2nccs2)=NC1c1ccc(F)cc1Cl. The minimum absolute atomic E-state index is 0.346. The first-order valence-corrected chi connectivity index (χ1v) is 9.74. The number of nitrogens with zero attached hydrogens (tertiary/aromatic N) is 2. The molecule has 0 radical (unpaired) electrons. The van der Waals surface area contributed by atoms with E-state index in [1.807, 2.05) is 26.4 Å². The normalized spacial score (nSPS) is 17.6. The molecule has 0 amide bonds. The van der Waals surface area contributed by atoms with Crippen molar-refractivity contribution in [1.29, 1.82) is 0 Å². The molecule has 1 aliphatic heterocycles. The van der Waals surface area contributed by atoms with Gasteiger partial charge in [-0.3, -0.25) is 4.99 Å². The second-order valence-corrected chi connectivity index (χ2v) is 7.27. The van der Waals surface area contributed by atoms with Gasteiger partial charge in [0.15, 0.2) is 10.8 Å². The topological polar surface area (TPSA) is 61.3 Å². The molecule has 1 aromatic carbocycles. The number of thiazole rings is 1. The fourth-order valence-corrected chi connectivity index (χ4v) is 3.83. The first-order chi connectivity index (χ1) is 13.0. The second kappa shape index (κ2) is 8.65. The van der Waals surface area contributed by atoms with Gasteiger partial charge in [0.1, 0.15) is 11.9 Å². The maximum atomic E-state index is 13.6. The van der Waals surface area contributed by atoms with Crippen molar-refractivity contribution >= 4 is 28.8 Å². The molecule has 0 spiro atoms. The first-order valence-electron chi connectivity index (χ1n) is 8.48. The number of allylic oxidation sites excluding steroid dienone is 1. The Hall–Kier alpha value is -2.22. The lowest BCUT2D eigenvalue weighted by molar-refractivity contribution is 0.626. The number of rotatable bonds is 6. The quantitative estimate of drug-likeness (QED) is 0.686. The number of amidine groups is 1. The minimum atomic E-state index is -0.381. The van der Waals surface area contributed by atoms with Crippen molar-refractivity contribution in [3.05, 3.63) is 74.2 Å². The zero-order chi connectivity index (χ0) is 19.4. The largest absolute Gasteiger partial charge is 0.388 e. The molecule has 0 fully saturated rings. The molecule has 0 saturated heterocycles. The highest BCUT2D eigenvalue weighted by molar-refractivity contribution is 7.11. The van der Waals surface area contributed by atoms with Crippen molar-refractivity contribution in [3.63, 3.8) is 0 Å². The standard InChI is InChI=1S/C19H21ClFN5S/c1-11-16(15(23-3)6-7-22-2)17(13-5-4-12(21)10-14(13)20)26-18(25-11)19-24-8-9-27-19/h4-6,8-10,17,22-23H,7H2,1-3H3,(H,25,26)/b15-6-. The zero-order valence-electron chi connectivity index (χ0n) is 15.3. The number of nitrogens with one attached hydrogen (secondary N) is 3. The van der Waals surface area contributed by atoms with E-state index in [9.17, 15) is 4.39 Å². The first kappa shape index (κ1) is 19.5. The summed E-state index contributed by atoms with van der Waals surface area (Å²) in [7, 11) is 3.75. The zero-order valence-corrected chi connectivity index (χ0v) is 16.9. The van der Waals surface area contributed by atoms with Crippen molar-refractivity contribution in [1.82, 2.24) is 20.9 Å². The van der Waals surface area contributed by atoms with Crippen LogP contribution in [-0.4, -0.2) is 31.5 Å². The maximum absolute atomic E-state index is 13.6. The van der Waals surface area contributed by atoms with Crippen LogP contribution in [0, 0.1) is 5.82 Å². The summed E-state index contributed by atoms with van der Waals surface area (Å²) in [6, 6.07) is 4.04. The Morgan fingerprint density at radius 2 is 2.22 bits per heavy atom. The van der Waals surface area contributed by atoms with Gasteiger partial charge in [0.2, 0.25) is 0 Å². The number of likely N-dealkylation sites (N-methyl/N-ethyl adjacent to an activating group) is 2. The van der Waals surface area contributed by atoms with Crippen molar-refractivity contribution in [2.75, 3.05) is 20.6 Å². The van der Waals surface area contributed by atoms with Gasteiger partial charge in [0, 0.05) is 52.7 Å². The molecule has 2 aromatic rings. The molecule has 8 heteroatoms. The fraction of sp³-hybridized carbons (Fsp3) is 0.263. The summed E-state index contributed by atoms with van der Waals surface area (Å²) in [5.74, 6) is 0.310. The summed E-state index contributed by atoms with van der Waals surface area (Å²) in [6.45, 7) is 2.69. The molecule has 1 aliphatic rings. The molecule has 1 unspecified atom stereocenters. The van der Waals surface area contributed by atoms with Crippen LogP contribution in [0.1, 0.15) is 23.5 Å². The van der Waals surface area contributed by atoms with E-state index in [1.54, 1.807) is 12.3 Å². The molecule has 5 nitrogen and oxygen atoms in total. The third-order valence-corrected chi connectivity index (χ3v) is 5.31. The van der Waals surface area contributed by atoms with E-state index in [-0.39, 0.29) is 11.9 Å². The highest BCUT2D eigenvalue weighted by atomic mass is 35.5. The minimum Gasteiger partial charge on any atom is -0.388 e. The maximum Gasteiger partial charge on any atom is 0.163 e. The van der Waals surface area contributed by atoms with Gasteiger partial charge in [-0.2, -0.15) is 0 Å². The van der Waals surface area contributed by atoms with E-state index in [2.05, 4.69) is 27.0 Å². The van der Waals surface area contributed by atoms with Crippen LogP contribution >= 0.6 is 22.9 Å². The van der Waals surface area contributed by atoms with Crippen LogP contribution in [-0.2, 0) is 0 Å². The smallest absolute Gasteiger partial charge is 0.163 e. The summed E-state index contributed by atoms with van der Waals surface area (Å²) in [4.78, 5) is 9.23. The molecule has 3 rings (SSSR count). The highest BCUT2D eigenvalue weighted by Gasteiger charge is 2.29. The molecule has 27 heavy (non-hydrogen) atoms. The highest BCUT2D eigenvalue weighted by Crippen LogP contribution is 2.38. The summed E-state index contributed by atoms with van der Waals surface area (Å²) in [5, 5.41) is 12.7. The fourth-order valence-electron chi connectivity index (χ4n) is 2.97. The lowest BCUT2D eigenvalue weighted by atomic mass is 9.93. The van der Waals surface area contributed by atoms with Crippen LogP contribution in [0.5, 0.6) is 0 Å². The molecule has 3 N–H and O–H groups in total. The van der Waals surface area contributed by atoms with Gasteiger partial charge in [-0.15, -0.1) is 11.3 Å². The predicted octanol–water partition coefficient (Wildman–Crippen LogP) is 3.62. The van der Waals surface area contributed by atoms with Crippen LogP contribution in [0.4, 0.5) is 4.39 Å². The Bertz CT molecular complexity index is 905. The van der Waals surface area contributed by atoms with E-state index in [0.29, 0.717) is 17.4 Å². The summed E-state index contributed by atoms with van der Waals surface area (Å²) < 4.78 is 13.6. The molecule has 0 bridgehead atoms. The van der Waals surface area contributed by atoms with Crippen molar-refractivity contribution < 1.29 is 4.39 Å². The van der Waals surface area contributed by atoms with Crippen LogP contribution in [0.3, 0.4) is 0 Å². The molecule has 1 atom stereocenters. The van der Waals surface area contributed by atoms with Crippen molar-refractivity contribution in [2.24, 2.45) is 4.99 Å². The average Bonchev–Trinajstić information content (AvgIpc) is 3.18. The number of aliphatic imine (C=N–C) groups is 1. The van der Waals surface area contributed by atoms with Crippen LogP contribution < -0.4 is 16.0 Å². The number of hydrogen-bond donors (Lipinski definition) is 3. The molecule has 0 saturated carbocycles. The predicted molar refractivity (Wildman–Crippen MR) is 110 cm³/mol. The van der Waals surface area contributed by atoms with Gasteiger partial charge in [-0.05, 0) is 32.2 Å². The van der Waals surface area contributed by atoms with Gasteiger partial charge in [0.25, 0.3) is 0 Å². The Morgan fingerprint density at radius 3 is 2.85 bits per heavy atom. The third kappa shape index (κ3) is 4.21. The van der Waals surface area contributed by atoms with Gasteiger partial charge in [0.05, 0.1) is 0 Å². The Balaban J connectivity index is 2.14. The van der Waals surface area contributed by atoms with Crippen LogP contribution in [0.15, 0.2) is 57.8 Å². The summed E-state index contributed by atoms with van der Waals surface area (Å²) >= 11 is 7.89. The van der Waals surface area contributed by atoms with Crippen LogP contribution in [0.25, 0.3) is 0 Å². The average molecular weight is 406 g/mol. The Kier molecular flexibility index (Phi) is 6.26.